The molecule has 0 N–H and O–H groups in total. The second-order valence-electron chi connectivity index (χ2n) is 4.18. The normalized spacial score (nSPS) is 10.4. The average Bonchev–Trinajstić information content (AvgIpc) is 2.37. The Morgan fingerprint density at radius 2 is 1.67 bits per heavy atom. The predicted octanol–water partition coefficient (Wildman–Crippen LogP) is 5.05. The molecule has 0 saturated heterocycles. The van der Waals surface area contributed by atoms with Crippen LogP contribution in [0.15, 0.2) is 46.9 Å². The number of halogens is 2. The topological polar surface area (TPSA) is 3.24 Å². The van der Waals surface area contributed by atoms with Crippen molar-refractivity contribution in [3.63, 3.8) is 0 Å². The molecule has 2 aromatic rings. The Labute approximate surface area is 115 Å². The van der Waals surface area contributed by atoms with E-state index in [1.54, 1.807) is 12.1 Å². The fraction of sp³-hybridized carbons (Fsp3) is 0.200. The van der Waals surface area contributed by atoms with E-state index < -0.39 is 0 Å². The molecule has 0 bridgehead atoms. The van der Waals surface area contributed by atoms with Crippen molar-refractivity contribution in [3.05, 3.63) is 58.3 Å². The largest absolute Gasteiger partial charge is 0.342 e. The van der Waals surface area contributed by atoms with Crippen LogP contribution in [-0.4, -0.2) is 6.54 Å². The van der Waals surface area contributed by atoms with Gasteiger partial charge in [-0.2, -0.15) is 0 Å². The van der Waals surface area contributed by atoms with E-state index in [0.717, 1.165) is 17.9 Å². The van der Waals surface area contributed by atoms with Gasteiger partial charge in [0.05, 0.1) is 4.47 Å². The third-order valence-electron chi connectivity index (χ3n) is 2.88. The van der Waals surface area contributed by atoms with Gasteiger partial charge in [-0.15, -0.1) is 0 Å². The lowest BCUT2D eigenvalue weighted by atomic mass is 10.2. The number of rotatable bonds is 3. The monoisotopic (exact) mass is 307 g/mol. The molecular weight excluding hydrogens is 293 g/mol. The van der Waals surface area contributed by atoms with Crippen LogP contribution in [0.4, 0.5) is 15.8 Å². The standard InChI is InChI=1S/C15H15BrFN/c1-3-18(12-6-4-11(2)5-7-12)13-8-9-14(16)15(17)10-13/h4-10H,3H2,1-2H3. The fourth-order valence-corrected chi connectivity index (χ4v) is 2.14. The number of hydrogen-bond donors (Lipinski definition) is 0. The van der Waals surface area contributed by atoms with E-state index in [9.17, 15) is 4.39 Å². The molecule has 2 aromatic carbocycles. The van der Waals surface area contributed by atoms with Gasteiger partial charge in [-0.3, -0.25) is 0 Å². The van der Waals surface area contributed by atoms with Crippen LogP contribution in [-0.2, 0) is 0 Å². The van der Waals surface area contributed by atoms with Crippen LogP contribution < -0.4 is 4.90 Å². The van der Waals surface area contributed by atoms with Crippen LogP contribution in [0.5, 0.6) is 0 Å². The van der Waals surface area contributed by atoms with Gasteiger partial charge in [0.2, 0.25) is 0 Å². The maximum atomic E-state index is 13.6. The maximum absolute atomic E-state index is 13.6. The first-order valence-electron chi connectivity index (χ1n) is 5.91. The van der Waals surface area contributed by atoms with E-state index >= 15 is 0 Å². The minimum Gasteiger partial charge on any atom is -0.342 e. The molecule has 0 heterocycles. The Hall–Kier alpha value is -1.35. The van der Waals surface area contributed by atoms with Gasteiger partial charge in [0.1, 0.15) is 5.82 Å². The molecule has 1 nitrogen and oxygen atoms in total. The number of benzene rings is 2. The summed E-state index contributed by atoms with van der Waals surface area (Å²) in [7, 11) is 0. The van der Waals surface area contributed by atoms with Gasteiger partial charge in [0, 0.05) is 17.9 Å². The zero-order chi connectivity index (χ0) is 13.1. The van der Waals surface area contributed by atoms with Crippen LogP contribution in [0.25, 0.3) is 0 Å². The number of hydrogen-bond acceptors (Lipinski definition) is 1. The molecule has 3 heteroatoms. The van der Waals surface area contributed by atoms with Crippen molar-refractivity contribution in [2.45, 2.75) is 13.8 Å². The number of aryl methyl sites for hydroxylation is 1. The van der Waals surface area contributed by atoms with Gasteiger partial charge in [-0.05, 0) is 60.1 Å². The summed E-state index contributed by atoms with van der Waals surface area (Å²) in [5.74, 6) is -0.238. The van der Waals surface area contributed by atoms with E-state index in [0.29, 0.717) is 4.47 Å². The Morgan fingerprint density at radius 3 is 2.22 bits per heavy atom. The van der Waals surface area contributed by atoms with E-state index in [1.807, 2.05) is 6.07 Å². The second kappa shape index (κ2) is 5.53. The quantitative estimate of drug-likeness (QED) is 0.766. The Morgan fingerprint density at radius 1 is 1.06 bits per heavy atom. The van der Waals surface area contributed by atoms with Crippen LogP contribution in [0, 0.1) is 12.7 Å². The summed E-state index contributed by atoms with van der Waals surface area (Å²) < 4.78 is 14.1. The highest BCUT2D eigenvalue weighted by Crippen LogP contribution is 2.28. The van der Waals surface area contributed by atoms with Gasteiger partial charge in [0.15, 0.2) is 0 Å². The highest BCUT2D eigenvalue weighted by Gasteiger charge is 2.09. The minimum atomic E-state index is -0.238. The molecule has 0 spiro atoms. The predicted molar refractivity (Wildman–Crippen MR) is 78.0 cm³/mol. The molecule has 0 aliphatic rings. The molecule has 0 fully saturated rings. The van der Waals surface area contributed by atoms with Gasteiger partial charge >= 0.3 is 0 Å². The molecule has 94 valence electrons. The summed E-state index contributed by atoms with van der Waals surface area (Å²) >= 11 is 3.17. The lowest BCUT2D eigenvalue weighted by Gasteiger charge is -2.23. The van der Waals surface area contributed by atoms with Crippen LogP contribution >= 0.6 is 15.9 Å². The smallest absolute Gasteiger partial charge is 0.139 e. The third kappa shape index (κ3) is 2.72. The van der Waals surface area contributed by atoms with Crippen LogP contribution in [0.2, 0.25) is 0 Å². The SMILES string of the molecule is CCN(c1ccc(C)cc1)c1ccc(Br)c(F)c1. The highest BCUT2D eigenvalue weighted by molar-refractivity contribution is 9.10. The van der Waals surface area contributed by atoms with Gasteiger partial charge in [-0.25, -0.2) is 4.39 Å². The van der Waals surface area contributed by atoms with Crippen molar-refractivity contribution in [1.82, 2.24) is 0 Å². The lowest BCUT2D eigenvalue weighted by Crippen LogP contribution is -2.16. The van der Waals surface area contributed by atoms with E-state index in [-0.39, 0.29) is 5.82 Å². The molecule has 0 aliphatic carbocycles. The summed E-state index contributed by atoms with van der Waals surface area (Å²) in [6, 6.07) is 13.4. The van der Waals surface area contributed by atoms with E-state index in [2.05, 4.69) is 58.9 Å². The zero-order valence-corrected chi connectivity index (χ0v) is 12.0. The van der Waals surface area contributed by atoms with Gasteiger partial charge < -0.3 is 4.90 Å². The van der Waals surface area contributed by atoms with Crippen LogP contribution in [0.1, 0.15) is 12.5 Å². The average molecular weight is 308 g/mol. The van der Waals surface area contributed by atoms with E-state index in [1.165, 1.54) is 5.56 Å². The highest BCUT2D eigenvalue weighted by atomic mass is 79.9. The first kappa shape index (κ1) is 13.1. The Kier molecular flexibility index (Phi) is 4.02. The molecule has 0 amide bonds. The molecule has 0 aromatic heterocycles. The fourth-order valence-electron chi connectivity index (χ4n) is 1.89. The summed E-state index contributed by atoms with van der Waals surface area (Å²) in [5, 5.41) is 0. The molecule has 0 atom stereocenters. The second-order valence-corrected chi connectivity index (χ2v) is 5.03. The van der Waals surface area contributed by atoms with E-state index in [4.69, 9.17) is 0 Å². The number of anilines is 2. The summed E-state index contributed by atoms with van der Waals surface area (Å²) in [5.41, 5.74) is 3.16. The summed E-state index contributed by atoms with van der Waals surface area (Å²) in [4.78, 5) is 2.08. The molecule has 2 rings (SSSR count). The van der Waals surface area contributed by atoms with Crippen molar-refractivity contribution < 1.29 is 4.39 Å². The summed E-state index contributed by atoms with van der Waals surface area (Å²) in [6.45, 7) is 4.91. The Bertz CT molecular complexity index is 537. The van der Waals surface area contributed by atoms with Gasteiger partial charge in [-0.1, -0.05) is 17.7 Å². The minimum absolute atomic E-state index is 0.238. The van der Waals surface area contributed by atoms with Crippen molar-refractivity contribution in [1.29, 1.82) is 0 Å². The Balaban J connectivity index is 2.38. The molecule has 0 unspecified atom stereocenters. The van der Waals surface area contributed by atoms with Crippen molar-refractivity contribution in [2.75, 3.05) is 11.4 Å². The lowest BCUT2D eigenvalue weighted by molar-refractivity contribution is 0.621. The van der Waals surface area contributed by atoms with Gasteiger partial charge in [0.25, 0.3) is 0 Å². The third-order valence-corrected chi connectivity index (χ3v) is 3.52. The van der Waals surface area contributed by atoms with Crippen LogP contribution in [0.3, 0.4) is 0 Å². The molecule has 0 aliphatic heterocycles. The first-order chi connectivity index (χ1) is 8.61. The van der Waals surface area contributed by atoms with Crippen molar-refractivity contribution in [3.8, 4) is 0 Å². The molecule has 0 saturated carbocycles. The molecular formula is C15H15BrFN. The summed E-state index contributed by atoms with van der Waals surface area (Å²) in [6.07, 6.45) is 0. The molecule has 0 radical (unpaired) electrons. The van der Waals surface area contributed by atoms with Crippen molar-refractivity contribution in [2.24, 2.45) is 0 Å². The zero-order valence-electron chi connectivity index (χ0n) is 10.5. The number of nitrogens with zero attached hydrogens (tertiary/aromatic N) is 1. The molecule has 18 heavy (non-hydrogen) atoms. The first-order valence-corrected chi connectivity index (χ1v) is 6.70. The maximum Gasteiger partial charge on any atom is 0.139 e. The van der Waals surface area contributed by atoms with Crippen molar-refractivity contribution >= 4 is 27.3 Å².